The molecule has 1 aromatic rings. The first kappa shape index (κ1) is 11.5. The minimum atomic E-state index is -0.887. The summed E-state index contributed by atoms with van der Waals surface area (Å²) in [4.78, 5) is 15.1. The molecule has 16 heavy (non-hydrogen) atoms. The molecule has 1 aliphatic carbocycles. The minimum absolute atomic E-state index is 0.325. The average molecular weight is 237 g/mol. The maximum absolute atomic E-state index is 11.0. The number of rotatable bonds is 4. The number of hydrogen-bond donors (Lipinski definition) is 1. The molecule has 2 rings (SSSR count). The molecule has 1 N–H and O–H groups in total. The summed E-state index contributed by atoms with van der Waals surface area (Å²) in [5.41, 5.74) is 0.325. The Hall–Kier alpha value is -1.03. The van der Waals surface area contributed by atoms with Crippen LogP contribution in [0, 0.1) is 5.92 Å². The zero-order valence-corrected chi connectivity index (χ0v) is 9.87. The summed E-state index contributed by atoms with van der Waals surface area (Å²) in [6.45, 7) is 0. The van der Waals surface area contributed by atoms with Crippen LogP contribution in [0.1, 0.15) is 36.0 Å². The van der Waals surface area contributed by atoms with E-state index in [1.54, 1.807) is 30.1 Å². The second-order valence-corrected chi connectivity index (χ2v) is 5.13. The minimum Gasteiger partial charge on any atom is -0.478 e. The van der Waals surface area contributed by atoms with Crippen LogP contribution in [-0.4, -0.2) is 21.8 Å². The Bertz CT molecular complexity index is 375. The Morgan fingerprint density at radius 3 is 2.94 bits per heavy atom. The predicted octanol–water partition coefficient (Wildman–Crippen LogP) is 3.06. The van der Waals surface area contributed by atoms with Gasteiger partial charge < -0.3 is 5.11 Å². The van der Waals surface area contributed by atoms with Gasteiger partial charge in [0.15, 0.2) is 0 Å². The molecule has 3 nitrogen and oxygen atoms in total. The second-order valence-electron chi connectivity index (χ2n) is 4.12. The van der Waals surface area contributed by atoms with Crippen molar-refractivity contribution in [3.63, 3.8) is 0 Å². The number of carboxylic acid groups (broad SMARTS) is 1. The number of carbonyl (C=O) groups is 1. The first-order valence-corrected chi connectivity index (χ1v) is 6.57. The van der Waals surface area contributed by atoms with Crippen molar-refractivity contribution in [2.24, 2.45) is 5.92 Å². The molecular weight excluding hydrogens is 222 g/mol. The van der Waals surface area contributed by atoms with Gasteiger partial charge in [-0.15, -0.1) is 11.8 Å². The van der Waals surface area contributed by atoms with Gasteiger partial charge in [0.2, 0.25) is 0 Å². The number of hydrogen-bond acceptors (Lipinski definition) is 3. The molecule has 0 aliphatic heterocycles. The highest BCUT2D eigenvalue weighted by molar-refractivity contribution is 7.99. The number of thioether (sulfide) groups is 1. The van der Waals surface area contributed by atoms with Crippen molar-refractivity contribution < 1.29 is 9.90 Å². The first-order chi connectivity index (χ1) is 7.77. The van der Waals surface area contributed by atoms with Crippen molar-refractivity contribution in [2.75, 3.05) is 5.75 Å². The Morgan fingerprint density at radius 2 is 2.25 bits per heavy atom. The summed E-state index contributed by atoms with van der Waals surface area (Å²) in [5.74, 6) is 0.854. The number of nitrogens with zero attached hydrogens (tertiary/aromatic N) is 1. The van der Waals surface area contributed by atoms with E-state index in [2.05, 4.69) is 4.98 Å². The Balaban J connectivity index is 2.00. The molecule has 0 spiro atoms. The van der Waals surface area contributed by atoms with Gasteiger partial charge in [-0.3, -0.25) is 0 Å². The molecule has 0 amide bonds. The van der Waals surface area contributed by atoms with Gasteiger partial charge in [-0.25, -0.2) is 9.78 Å². The van der Waals surface area contributed by atoms with Crippen LogP contribution in [0.2, 0.25) is 0 Å². The summed E-state index contributed by atoms with van der Waals surface area (Å²) in [5, 5.41) is 9.66. The fourth-order valence-corrected chi connectivity index (χ4v) is 3.22. The Morgan fingerprint density at radius 1 is 1.50 bits per heavy atom. The molecule has 0 radical (unpaired) electrons. The fourth-order valence-electron chi connectivity index (χ4n) is 2.04. The maximum Gasteiger partial charge on any atom is 0.338 e. The van der Waals surface area contributed by atoms with E-state index in [0.29, 0.717) is 10.6 Å². The van der Waals surface area contributed by atoms with E-state index in [9.17, 15) is 4.79 Å². The number of pyridine rings is 1. The molecule has 86 valence electrons. The van der Waals surface area contributed by atoms with Crippen LogP contribution in [0.3, 0.4) is 0 Å². The quantitative estimate of drug-likeness (QED) is 0.818. The summed E-state index contributed by atoms with van der Waals surface area (Å²) in [6, 6.07) is 3.29. The van der Waals surface area contributed by atoms with Crippen molar-refractivity contribution in [1.82, 2.24) is 4.98 Å². The normalized spacial score (nSPS) is 16.5. The zero-order valence-electron chi connectivity index (χ0n) is 9.06. The lowest BCUT2D eigenvalue weighted by atomic mass is 10.1. The molecule has 0 atom stereocenters. The first-order valence-electron chi connectivity index (χ1n) is 5.58. The van der Waals surface area contributed by atoms with Gasteiger partial charge in [-0.1, -0.05) is 12.8 Å². The van der Waals surface area contributed by atoms with Crippen molar-refractivity contribution in [3.05, 3.63) is 23.9 Å². The lowest BCUT2D eigenvalue weighted by Crippen LogP contribution is -2.03. The molecule has 1 aliphatic rings. The van der Waals surface area contributed by atoms with Crippen LogP contribution in [0.25, 0.3) is 0 Å². The standard InChI is InChI=1S/C12H15NO2S/c14-12(15)10-6-3-7-13-11(10)16-8-9-4-1-2-5-9/h3,6-7,9H,1-2,4-5,8H2,(H,14,15). The van der Waals surface area contributed by atoms with E-state index in [-0.39, 0.29) is 0 Å². The average Bonchev–Trinajstić information content (AvgIpc) is 2.79. The molecule has 0 unspecified atom stereocenters. The second kappa shape index (κ2) is 5.34. The van der Waals surface area contributed by atoms with Crippen LogP contribution in [0.4, 0.5) is 0 Å². The molecule has 1 saturated carbocycles. The Kier molecular flexibility index (Phi) is 3.83. The SMILES string of the molecule is O=C(O)c1cccnc1SCC1CCCC1. The Labute approximate surface area is 99.3 Å². The third kappa shape index (κ3) is 2.76. The molecule has 0 bridgehead atoms. The third-order valence-electron chi connectivity index (χ3n) is 2.93. The number of carboxylic acids is 1. The largest absolute Gasteiger partial charge is 0.478 e. The van der Waals surface area contributed by atoms with Crippen LogP contribution in [-0.2, 0) is 0 Å². The van der Waals surface area contributed by atoms with Gasteiger partial charge in [0.25, 0.3) is 0 Å². The molecule has 0 aromatic carbocycles. The van der Waals surface area contributed by atoms with E-state index >= 15 is 0 Å². The predicted molar refractivity (Wildman–Crippen MR) is 63.9 cm³/mol. The van der Waals surface area contributed by atoms with E-state index in [1.807, 2.05) is 0 Å². The van der Waals surface area contributed by atoms with Crippen molar-refractivity contribution in [2.45, 2.75) is 30.7 Å². The summed E-state index contributed by atoms with van der Waals surface area (Å²) < 4.78 is 0. The van der Waals surface area contributed by atoms with Crippen LogP contribution in [0.5, 0.6) is 0 Å². The van der Waals surface area contributed by atoms with Gasteiger partial charge in [0.05, 0.1) is 5.56 Å². The van der Waals surface area contributed by atoms with Crippen molar-refractivity contribution in [1.29, 1.82) is 0 Å². The maximum atomic E-state index is 11.0. The van der Waals surface area contributed by atoms with Crippen LogP contribution < -0.4 is 0 Å². The molecule has 1 aromatic heterocycles. The lowest BCUT2D eigenvalue weighted by molar-refractivity contribution is 0.0692. The van der Waals surface area contributed by atoms with Crippen molar-refractivity contribution in [3.8, 4) is 0 Å². The molecule has 1 fully saturated rings. The molecule has 4 heteroatoms. The van der Waals surface area contributed by atoms with Gasteiger partial charge >= 0.3 is 5.97 Å². The number of aromatic carboxylic acids is 1. The smallest absolute Gasteiger partial charge is 0.338 e. The van der Waals surface area contributed by atoms with Crippen LogP contribution in [0.15, 0.2) is 23.4 Å². The highest BCUT2D eigenvalue weighted by Crippen LogP contribution is 2.31. The number of aromatic nitrogens is 1. The van der Waals surface area contributed by atoms with Gasteiger partial charge in [-0.05, 0) is 30.9 Å². The highest BCUT2D eigenvalue weighted by Gasteiger charge is 2.17. The van der Waals surface area contributed by atoms with E-state index in [0.717, 1.165) is 11.7 Å². The monoisotopic (exact) mass is 237 g/mol. The summed E-state index contributed by atoms with van der Waals surface area (Å²) in [6.07, 6.45) is 6.85. The van der Waals surface area contributed by atoms with Crippen molar-refractivity contribution >= 4 is 17.7 Å². The highest BCUT2D eigenvalue weighted by atomic mass is 32.2. The molecule has 1 heterocycles. The van der Waals surface area contributed by atoms with Gasteiger partial charge in [0.1, 0.15) is 5.03 Å². The summed E-state index contributed by atoms with van der Waals surface area (Å²) in [7, 11) is 0. The van der Waals surface area contributed by atoms with E-state index in [4.69, 9.17) is 5.11 Å². The van der Waals surface area contributed by atoms with E-state index in [1.165, 1.54) is 25.7 Å². The summed E-state index contributed by atoms with van der Waals surface area (Å²) >= 11 is 1.58. The van der Waals surface area contributed by atoms with Gasteiger partial charge in [0, 0.05) is 11.9 Å². The zero-order chi connectivity index (χ0) is 11.4. The van der Waals surface area contributed by atoms with Gasteiger partial charge in [-0.2, -0.15) is 0 Å². The topological polar surface area (TPSA) is 50.2 Å². The third-order valence-corrected chi connectivity index (χ3v) is 4.17. The molecular formula is C12H15NO2S. The fraction of sp³-hybridized carbons (Fsp3) is 0.500. The van der Waals surface area contributed by atoms with E-state index < -0.39 is 5.97 Å². The lowest BCUT2D eigenvalue weighted by Gasteiger charge is -2.08. The molecule has 0 saturated heterocycles. The van der Waals surface area contributed by atoms with Crippen LogP contribution >= 0.6 is 11.8 Å².